The van der Waals surface area contributed by atoms with E-state index in [0.29, 0.717) is 0 Å². The number of carboxylic acids is 1. The van der Waals surface area contributed by atoms with Crippen molar-refractivity contribution < 1.29 is 24.1 Å². The highest BCUT2D eigenvalue weighted by Gasteiger charge is 2.49. The van der Waals surface area contributed by atoms with Crippen molar-refractivity contribution >= 4 is 5.97 Å². The summed E-state index contributed by atoms with van der Waals surface area (Å²) in [7, 11) is 1.34. The molecule has 1 aromatic rings. The summed E-state index contributed by atoms with van der Waals surface area (Å²) >= 11 is 0. The van der Waals surface area contributed by atoms with Crippen molar-refractivity contribution in [1.82, 2.24) is 0 Å². The van der Waals surface area contributed by atoms with Crippen molar-refractivity contribution in [3.8, 4) is 5.75 Å². The summed E-state index contributed by atoms with van der Waals surface area (Å²) in [5.74, 6) is -2.14. The van der Waals surface area contributed by atoms with Crippen molar-refractivity contribution in [3.63, 3.8) is 0 Å². The molecule has 1 saturated carbocycles. The van der Waals surface area contributed by atoms with Gasteiger partial charge < -0.3 is 14.9 Å². The molecule has 1 aliphatic rings. The Morgan fingerprint density at radius 2 is 2.18 bits per heavy atom. The summed E-state index contributed by atoms with van der Waals surface area (Å²) in [6, 6.07) is 4.48. The van der Waals surface area contributed by atoms with Crippen LogP contribution in [0.25, 0.3) is 0 Å². The minimum atomic E-state index is -1.39. The molecule has 0 saturated heterocycles. The van der Waals surface area contributed by atoms with Gasteiger partial charge in [-0.2, -0.15) is 0 Å². The topological polar surface area (TPSA) is 66.8 Å². The highest BCUT2D eigenvalue weighted by Crippen LogP contribution is 2.47. The molecule has 2 N–H and O–H groups in total. The number of hydrogen-bond donors (Lipinski definition) is 2. The molecule has 1 aliphatic carbocycles. The van der Waals surface area contributed by atoms with Crippen LogP contribution in [0.15, 0.2) is 18.2 Å². The van der Waals surface area contributed by atoms with Gasteiger partial charge in [0, 0.05) is 5.56 Å². The zero-order valence-corrected chi connectivity index (χ0v) is 9.31. The Morgan fingerprint density at radius 3 is 2.71 bits per heavy atom. The lowest BCUT2D eigenvalue weighted by molar-refractivity contribution is -0.159. The Balaban J connectivity index is 2.27. The predicted molar refractivity (Wildman–Crippen MR) is 57.2 cm³/mol. The number of halogens is 1. The van der Waals surface area contributed by atoms with Gasteiger partial charge in [0.05, 0.1) is 18.6 Å². The van der Waals surface area contributed by atoms with E-state index in [9.17, 15) is 14.3 Å². The maximum atomic E-state index is 13.9. The zero-order chi connectivity index (χ0) is 12.6. The first-order chi connectivity index (χ1) is 7.98. The Morgan fingerprint density at radius 1 is 1.53 bits per heavy atom. The molecule has 4 nitrogen and oxygen atoms in total. The first-order valence-corrected chi connectivity index (χ1v) is 5.26. The molecule has 0 heterocycles. The molecule has 1 aromatic carbocycles. The number of carboxylic acid groups (broad SMARTS) is 1. The first-order valence-electron chi connectivity index (χ1n) is 5.26. The smallest absolute Gasteiger partial charge is 0.306 e. The van der Waals surface area contributed by atoms with Crippen molar-refractivity contribution in [3.05, 3.63) is 29.6 Å². The van der Waals surface area contributed by atoms with Gasteiger partial charge in [-0.3, -0.25) is 4.79 Å². The molecular formula is C12H13FO4. The second-order valence-electron chi connectivity index (χ2n) is 4.30. The molecule has 92 valence electrons. The van der Waals surface area contributed by atoms with E-state index in [1.54, 1.807) is 6.07 Å². The molecule has 1 fully saturated rings. The van der Waals surface area contributed by atoms with Crippen LogP contribution in [0.2, 0.25) is 0 Å². The van der Waals surface area contributed by atoms with E-state index in [2.05, 4.69) is 0 Å². The molecule has 0 unspecified atom stereocenters. The number of methoxy groups -OCH3 is 1. The molecule has 2 rings (SSSR count). The number of ether oxygens (including phenoxy) is 1. The maximum absolute atomic E-state index is 13.9. The van der Waals surface area contributed by atoms with E-state index < -0.39 is 23.3 Å². The summed E-state index contributed by atoms with van der Waals surface area (Å²) in [4.78, 5) is 10.7. The van der Waals surface area contributed by atoms with Crippen molar-refractivity contribution in [1.29, 1.82) is 0 Å². The number of carbonyl (C=O) groups is 1. The summed E-state index contributed by atoms with van der Waals surface area (Å²) in [6.07, 6.45) is 0.0683. The lowest BCUT2D eigenvalue weighted by Gasteiger charge is -2.42. The third-order valence-corrected chi connectivity index (χ3v) is 3.20. The second-order valence-corrected chi connectivity index (χ2v) is 4.30. The van der Waals surface area contributed by atoms with Crippen LogP contribution in [0.3, 0.4) is 0 Å². The fourth-order valence-electron chi connectivity index (χ4n) is 2.18. The van der Waals surface area contributed by atoms with Crippen LogP contribution < -0.4 is 4.74 Å². The standard InChI is InChI=1S/C12H13FO4/c1-17-9-4-2-3-8(10(9)13)12(16)5-7(6-12)11(14)15/h2-4,7,16H,5-6H2,1H3,(H,14,15). The van der Waals surface area contributed by atoms with Crippen LogP contribution in [0.1, 0.15) is 18.4 Å². The van der Waals surface area contributed by atoms with E-state index in [4.69, 9.17) is 9.84 Å². The average Bonchev–Trinajstić information content (AvgIpc) is 2.25. The third kappa shape index (κ3) is 1.86. The number of aliphatic carboxylic acids is 1. The fraction of sp³-hybridized carbons (Fsp3) is 0.417. The lowest BCUT2D eigenvalue weighted by atomic mass is 9.67. The molecular weight excluding hydrogens is 227 g/mol. The third-order valence-electron chi connectivity index (χ3n) is 3.20. The highest BCUT2D eigenvalue weighted by atomic mass is 19.1. The van der Waals surface area contributed by atoms with Gasteiger partial charge in [0.25, 0.3) is 0 Å². The molecule has 5 heteroatoms. The Kier molecular flexibility index (Phi) is 2.79. The van der Waals surface area contributed by atoms with Crippen molar-refractivity contribution in [2.24, 2.45) is 5.92 Å². The predicted octanol–water partition coefficient (Wildman–Crippen LogP) is 1.52. The van der Waals surface area contributed by atoms with E-state index >= 15 is 0 Å². The van der Waals surface area contributed by atoms with E-state index in [-0.39, 0.29) is 24.2 Å². The lowest BCUT2D eigenvalue weighted by Crippen LogP contribution is -2.45. The Hall–Kier alpha value is -1.62. The molecule has 0 radical (unpaired) electrons. The van der Waals surface area contributed by atoms with E-state index in [0.717, 1.165) is 0 Å². The normalized spacial score (nSPS) is 27.4. The molecule has 0 bridgehead atoms. The molecule has 0 spiro atoms. The van der Waals surface area contributed by atoms with Gasteiger partial charge in [-0.05, 0) is 18.9 Å². The van der Waals surface area contributed by atoms with E-state index in [1.807, 2.05) is 0 Å². The number of aliphatic hydroxyl groups is 1. The summed E-state index contributed by atoms with van der Waals surface area (Å²) in [6.45, 7) is 0. The molecule has 0 aromatic heterocycles. The minimum absolute atomic E-state index is 0.0341. The Bertz CT molecular complexity index is 452. The number of rotatable bonds is 3. The first kappa shape index (κ1) is 11.9. The van der Waals surface area contributed by atoms with Gasteiger partial charge in [-0.1, -0.05) is 12.1 Å². The van der Waals surface area contributed by atoms with Crippen LogP contribution in [0, 0.1) is 11.7 Å². The van der Waals surface area contributed by atoms with Crippen LogP contribution in [0.5, 0.6) is 5.75 Å². The van der Waals surface area contributed by atoms with Gasteiger partial charge in [0.1, 0.15) is 0 Å². The number of benzene rings is 1. The van der Waals surface area contributed by atoms with Crippen LogP contribution in [0.4, 0.5) is 4.39 Å². The monoisotopic (exact) mass is 240 g/mol. The summed E-state index contributed by atoms with van der Waals surface area (Å²) < 4.78 is 18.7. The molecule has 0 amide bonds. The van der Waals surface area contributed by atoms with Crippen molar-refractivity contribution in [2.75, 3.05) is 7.11 Å². The van der Waals surface area contributed by atoms with Gasteiger partial charge in [0.15, 0.2) is 11.6 Å². The summed E-state index contributed by atoms with van der Waals surface area (Å²) in [5.41, 5.74) is -1.28. The summed E-state index contributed by atoms with van der Waals surface area (Å²) in [5, 5.41) is 18.9. The molecule has 0 atom stereocenters. The van der Waals surface area contributed by atoms with Gasteiger partial charge in [0.2, 0.25) is 0 Å². The molecule has 17 heavy (non-hydrogen) atoms. The van der Waals surface area contributed by atoms with Crippen LogP contribution >= 0.6 is 0 Å². The minimum Gasteiger partial charge on any atom is -0.494 e. The average molecular weight is 240 g/mol. The fourth-order valence-corrected chi connectivity index (χ4v) is 2.18. The maximum Gasteiger partial charge on any atom is 0.306 e. The largest absolute Gasteiger partial charge is 0.494 e. The van der Waals surface area contributed by atoms with Gasteiger partial charge >= 0.3 is 5.97 Å². The molecule has 0 aliphatic heterocycles. The second kappa shape index (κ2) is 4.00. The van der Waals surface area contributed by atoms with Gasteiger partial charge in [-0.15, -0.1) is 0 Å². The van der Waals surface area contributed by atoms with Crippen molar-refractivity contribution in [2.45, 2.75) is 18.4 Å². The van der Waals surface area contributed by atoms with E-state index in [1.165, 1.54) is 19.2 Å². The zero-order valence-electron chi connectivity index (χ0n) is 9.31. The van der Waals surface area contributed by atoms with Crippen LogP contribution in [-0.4, -0.2) is 23.3 Å². The quantitative estimate of drug-likeness (QED) is 0.840. The SMILES string of the molecule is COc1cccc(C2(O)CC(C(=O)O)C2)c1F. The highest BCUT2D eigenvalue weighted by molar-refractivity contribution is 5.72. The number of hydrogen-bond acceptors (Lipinski definition) is 3. The van der Waals surface area contributed by atoms with Crippen LogP contribution in [-0.2, 0) is 10.4 Å². The Labute approximate surface area is 97.6 Å². The van der Waals surface area contributed by atoms with Gasteiger partial charge in [-0.25, -0.2) is 4.39 Å².